The molecule has 1 atom stereocenters. The number of amides is 1. The summed E-state index contributed by atoms with van der Waals surface area (Å²) in [5.41, 5.74) is 5.04. The van der Waals surface area contributed by atoms with Crippen LogP contribution in [-0.2, 0) is 15.6 Å². The summed E-state index contributed by atoms with van der Waals surface area (Å²) in [7, 11) is 4.10. The highest BCUT2D eigenvalue weighted by atomic mass is 16.6. The van der Waals surface area contributed by atoms with E-state index in [0.29, 0.717) is 25.4 Å². The fourth-order valence-corrected chi connectivity index (χ4v) is 4.90. The van der Waals surface area contributed by atoms with Crippen molar-refractivity contribution in [2.75, 3.05) is 51.8 Å². The quantitative estimate of drug-likeness (QED) is 0.558. The molecule has 2 aromatic carbocycles. The summed E-state index contributed by atoms with van der Waals surface area (Å²) in [5.74, 6) is 0.396. The maximum atomic E-state index is 12.3. The molecule has 0 radical (unpaired) electrons. The van der Waals surface area contributed by atoms with Crippen LogP contribution in [0.1, 0.15) is 76.8 Å². The van der Waals surface area contributed by atoms with Crippen molar-refractivity contribution in [3.05, 3.63) is 58.7 Å². The van der Waals surface area contributed by atoms with Gasteiger partial charge in [0.25, 0.3) is 0 Å². The minimum absolute atomic E-state index is 0.00774. The third kappa shape index (κ3) is 6.15. The van der Waals surface area contributed by atoms with E-state index < -0.39 is 0 Å². The molecule has 6 nitrogen and oxygen atoms in total. The summed E-state index contributed by atoms with van der Waals surface area (Å²) in [5, 5.41) is 11.3. The van der Waals surface area contributed by atoms with Crippen molar-refractivity contribution in [3.63, 3.8) is 0 Å². The number of aromatic hydroxyl groups is 1. The molecule has 0 saturated carbocycles. The molecule has 1 fully saturated rings. The fourth-order valence-electron chi connectivity index (χ4n) is 4.90. The minimum Gasteiger partial charge on any atom is -0.507 e. The van der Waals surface area contributed by atoms with E-state index in [9.17, 15) is 9.90 Å². The first-order valence-electron chi connectivity index (χ1n) is 13.0. The number of ether oxygens (including phenoxy) is 1. The highest BCUT2D eigenvalue weighted by molar-refractivity contribution is 5.67. The number of hydrogen-bond donors (Lipinski definition) is 1. The Morgan fingerprint density at radius 3 is 1.83 bits per heavy atom. The van der Waals surface area contributed by atoms with Gasteiger partial charge in [0.1, 0.15) is 5.75 Å². The average molecular weight is 496 g/mol. The van der Waals surface area contributed by atoms with Crippen LogP contribution in [0.5, 0.6) is 5.75 Å². The number of piperazine rings is 1. The lowest BCUT2D eigenvalue weighted by Gasteiger charge is -2.40. The molecule has 2 aromatic rings. The van der Waals surface area contributed by atoms with Gasteiger partial charge in [0, 0.05) is 46.0 Å². The molecule has 0 spiro atoms. The maximum Gasteiger partial charge on any atom is 0.409 e. The smallest absolute Gasteiger partial charge is 0.409 e. The lowest BCUT2D eigenvalue weighted by Crippen LogP contribution is -2.50. The molecule has 1 aliphatic rings. The SMILES string of the molecule is CCOC(=O)N1CCN([C@@H](c2ccc(N(C)C)cc2)c2cc(C(C)(C)C)c(O)c(C(C)(C)C)c2)CC1. The van der Waals surface area contributed by atoms with Crippen molar-refractivity contribution in [3.8, 4) is 5.75 Å². The summed E-state index contributed by atoms with van der Waals surface area (Å²) in [4.78, 5) is 18.7. The Morgan fingerprint density at radius 1 is 0.917 bits per heavy atom. The Bertz CT molecular complexity index is 1010. The Morgan fingerprint density at radius 2 is 1.42 bits per heavy atom. The van der Waals surface area contributed by atoms with Gasteiger partial charge in [-0.3, -0.25) is 4.90 Å². The Labute approximate surface area is 217 Å². The summed E-state index contributed by atoms with van der Waals surface area (Å²) in [6, 6.07) is 13.1. The Hall–Kier alpha value is -2.73. The van der Waals surface area contributed by atoms with E-state index in [1.54, 1.807) is 4.90 Å². The monoisotopic (exact) mass is 495 g/mol. The third-order valence-electron chi connectivity index (χ3n) is 6.99. The highest BCUT2D eigenvalue weighted by Crippen LogP contribution is 2.43. The molecular formula is C30H45N3O3. The number of carbonyl (C=O) groups is 1. The van der Waals surface area contributed by atoms with Gasteiger partial charge in [0.15, 0.2) is 0 Å². The molecule has 1 N–H and O–H groups in total. The first-order valence-corrected chi connectivity index (χ1v) is 13.0. The first-order chi connectivity index (χ1) is 16.7. The van der Waals surface area contributed by atoms with E-state index in [1.807, 2.05) is 21.0 Å². The summed E-state index contributed by atoms with van der Waals surface area (Å²) in [6.07, 6.45) is -0.237. The summed E-state index contributed by atoms with van der Waals surface area (Å²) >= 11 is 0. The normalized spacial score (nSPS) is 16.1. The van der Waals surface area contributed by atoms with Crippen molar-refractivity contribution in [2.45, 2.75) is 65.3 Å². The van der Waals surface area contributed by atoms with Crippen LogP contribution in [0.2, 0.25) is 0 Å². The topological polar surface area (TPSA) is 56.2 Å². The van der Waals surface area contributed by atoms with Crippen molar-refractivity contribution in [1.29, 1.82) is 0 Å². The van der Waals surface area contributed by atoms with Gasteiger partial charge in [-0.15, -0.1) is 0 Å². The predicted molar refractivity (Wildman–Crippen MR) is 148 cm³/mol. The lowest BCUT2D eigenvalue weighted by molar-refractivity contribution is 0.0714. The van der Waals surface area contributed by atoms with Gasteiger partial charge in [-0.05, 0) is 64.3 Å². The van der Waals surface area contributed by atoms with Gasteiger partial charge in [-0.1, -0.05) is 53.7 Å². The van der Waals surface area contributed by atoms with Crippen LogP contribution in [0.15, 0.2) is 36.4 Å². The Balaban J connectivity index is 2.11. The molecule has 0 aliphatic carbocycles. The van der Waals surface area contributed by atoms with Gasteiger partial charge < -0.3 is 19.6 Å². The second-order valence-corrected chi connectivity index (χ2v) is 12.1. The molecule has 0 bridgehead atoms. The Kier molecular flexibility index (Phi) is 8.29. The van der Waals surface area contributed by atoms with E-state index in [2.05, 4.69) is 87.7 Å². The van der Waals surface area contributed by atoms with Gasteiger partial charge in [0.2, 0.25) is 0 Å². The molecular weight excluding hydrogens is 450 g/mol. The van der Waals surface area contributed by atoms with Gasteiger partial charge in [0.05, 0.1) is 12.6 Å². The number of rotatable bonds is 5. The fraction of sp³-hybridized carbons (Fsp3) is 0.567. The number of hydrogen-bond acceptors (Lipinski definition) is 5. The van der Waals surface area contributed by atoms with E-state index >= 15 is 0 Å². The molecule has 1 saturated heterocycles. The van der Waals surface area contributed by atoms with Gasteiger partial charge >= 0.3 is 6.09 Å². The second-order valence-electron chi connectivity index (χ2n) is 12.1. The van der Waals surface area contributed by atoms with Crippen LogP contribution in [-0.4, -0.2) is 67.9 Å². The van der Waals surface area contributed by atoms with Crippen LogP contribution < -0.4 is 4.90 Å². The number of phenolic OH excluding ortho intramolecular Hbond substituents is 1. The van der Waals surface area contributed by atoms with Crippen LogP contribution in [0.4, 0.5) is 10.5 Å². The second kappa shape index (κ2) is 10.7. The molecule has 198 valence electrons. The van der Waals surface area contributed by atoms with Crippen LogP contribution in [0.3, 0.4) is 0 Å². The molecule has 1 aliphatic heterocycles. The molecule has 0 unspecified atom stereocenters. The summed E-state index contributed by atoms with van der Waals surface area (Å²) in [6.45, 7) is 17.9. The molecule has 0 aromatic heterocycles. The highest BCUT2D eigenvalue weighted by Gasteiger charge is 2.33. The zero-order valence-electron chi connectivity index (χ0n) is 23.7. The molecule has 6 heteroatoms. The van der Waals surface area contributed by atoms with Crippen LogP contribution in [0, 0.1) is 0 Å². The zero-order chi connectivity index (χ0) is 26.8. The largest absolute Gasteiger partial charge is 0.507 e. The minimum atomic E-state index is -0.237. The van der Waals surface area contributed by atoms with Crippen LogP contribution in [0.25, 0.3) is 0 Å². The number of phenols is 1. The van der Waals surface area contributed by atoms with E-state index in [-0.39, 0.29) is 23.0 Å². The van der Waals surface area contributed by atoms with Crippen molar-refractivity contribution in [1.82, 2.24) is 9.80 Å². The summed E-state index contributed by atoms with van der Waals surface area (Å²) < 4.78 is 5.24. The molecule has 3 rings (SSSR count). The van der Waals surface area contributed by atoms with E-state index in [1.165, 1.54) is 11.1 Å². The average Bonchev–Trinajstić information content (AvgIpc) is 2.79. The maximum absolute atomic E-state index is 12.3. The first kappa shape index (κ1) is 27.9. The third-order valence-corrected chi connectivity index (χ3v) is 6.99. The van der Waals surface area contributed by atoms with Crippen molar-refractivity contribution >= 4 is 11.8 Å². The van der Waals surface area contributed by atoms with Crippen molar-refractivity contribution < 1.29 is 14.6 Å². The standard InChI is InChI=1S/C30H45N3O3/c1-10-36-28(35)33-17-15-32(16-18-33)26(21-11-13-23(14-12-21)31(8)9)22-19-24(29(2,3)4)27(34)25(20-22)30(5,6)7/h11-14,19-20,26,34H,10,15-18H2,1-9H3/t26-/m0/s1. The van der Waals surface area contributed by atoms with Gasteiger partial charge in [-0.25, -0.2) is 4.79 Å². The molecule has 1 heterocycles. The van der Waals surface area contributed by atoms with E-state index in [4.69, 9.17) is 4.74 Å². The van der Waals surface area contributed by atoms with E-state index in [0.717, 1.165) is 29.9 Å². The molecule has 1 amide bonds. The number of anilines is 1. The van der Waals surface area contributed by atoms with Crippen molar-refractivity contribution in [2.24, 2.45) is 0 Å². The lowest BCUT2D eigenvalue weighted by atomic mass is 9.77. The number of carbonyl (C=O) groups excluding carboxylic acids is 1. The van der Waals surface area contributed by atoms with Gasteiger partial charge in [-0.2, -0.15) is 0 Å². The predicted octanol–water partition coefficient (Wildman–Crippen LogP) is 5.92. The van der Waals surface area contributed by atoms with Crippen LogP contribution >= 0.6 is 0 Å². The zero-order valence-corrected chi connectivity index (χ0v) is 23.7. The number of nitrogens with zero attached hydrogens (tertiary/aromatic N) is 3. The number of benzene rings is 2. The molecule has 36 heavy (non-hydrogen) atoms.